The highest BCUT2D eigenvalue weighted by Gasteiger charge is 2.08. The third kappa shape index (κ3) is 3.59. The van der Waals surface area contributed by atoms with Crippen molar-refractivity contribution >= 4 is 28.8 Å². The van der Waals surface area contributed by atoms with Crippen molar-refractivity contribution in [2.24, 2.45) is 5.73 Å². The van der Waals surface area contributed by atoms with Crippen molar-refractivity contribution in [3.05, 3.63) is 29.8 Å². The molecule has 0 spiro atoms. The minimum Gasteiger partial charge on any atom is -0.393 e. The molecule has 0 atom stereocenters. The molecule has 0 radical (unpaired) electrons. The van der Waals surface area contributed by atoms with Crippen LogP contribution in [0.2, 0.25) is 0 Å². The van der Waals surface area contributed by atoms with E-state index < -0.39 is 17.5 Å². The number of nitrogens with one attached hydrogen (secondary N) is 1. The number of nitrogens with two attached hydrogens (primary N) is 1. The van der Waals surface area contributed by atoms with Gasteiger partial charge in [-0.3, -0.25) is 4.79 Å². The van der Waals surface area contributed by atoms with Crippen molar-refractivity contribution in [2.75, 3.05) is 5.32 Å². The van der Waals surface area contributed by atoms with Gasteiger partial charge in [-0.15, -0.1) is 0 Å². The van der Waals surface area contributed by atoms with E-state index in [1.807, 2.05) is 0 Å². The minimum absolute atomic E-state index is 0.00990. The largest absolute Gasteiger partial charge is 0.393 e. The first kappa shape index (κ1) is 11.5. The third-order valence-electron chi connectivity index (χ3n) is 1.54. The average Bonchev–Trinajstić information content (AvgIpc) is 2.10. The molecule has 0 aromatic heterocycles. The second kappa shape index (κ2) is 4.79. The van der Waals surface area contributed by atoms with Crippen molar-refractivity contribution < 1.29 is 13.6 Å². The van der Waals surface area contributed by atoms with Gasteiger partial charge in [0, 0.05) is 6.07 Å². The zero-order valence-corrected chi connectivity index (χ0v) is 8.41. The van der Waals surface area contributed by atoms with Crippen LogP contribution in [0, 0.1) is 11.6 Å². The van der Waals surface area contributed by atoms with Crippen LogP contribution in [-0.2, 0) is 4.79 Å². The fraction of sp³-hybridized carbons (Fsp3) is 0.111. The molecule has 0 unspecified atom stereocenters. The first-order valence-electron chi connectivity index (χ1n) is 4.02. The Bertz CT molecular complexity index is 409. The number of carbonyl (C=O) groups is 1. The lowest BCUT2D eigenvalue weighted by molar-refractivity contribution is -0.115. The molecule has 3 N–H and O–H groups in total. The summed E-state index contributed by atoms with van der Waals surface area (Å²) in [4.78, 5) is 11.1. The molecule has 0 saturated carbocycles. The number of hydrogen-bond acceptors (Lipinski definition) is 2. The maximum Gasteiger partial charge on any atom is 0.231 e. The van der Waals surface area contributed by atoms with Gasteiger partial charge in [-0.05, 0) is 12.1 Å². The lowest BCUT2D eigenvalue weighted by Crippen LogP contribution is -2.20. The molecule has 0 heterocycles. The lowest BCUT2D eigenvalue weighted by Gasteiger charge is -2.05. The van der Waals surface area contributed by atoms with E-state index in [1.165, 1.54) is 0 Å². The van der Waals surface area contributed by atoms with E-state index in [4.69, 9.17) is 5.73 Å². The number of rotatable bonds is 3. The summed E-state index contributed by atoms with van der Waals surface area (Å²) in [7, 11) is 0. The van der Waals surface area contributed by atoms with Gasteiger partial charge < -0.3 is 11.1 Å². The number of thiocarbonyl (C=S) groups is 1. The van der Waals surface area contributed by atoms with Gasteiger partial charge in [0.15, 0.2) is 0 Å². The Labute approximate surface area is 90.3 Å². The number of benzene rings is 1. The molecule has 15 heavy (non-hydrogen) atoms. The molecule has 6 heteroatoms. The molecule has 0 saturated heterocycles. The van der Waals surface area contributed by atoms with Crippen molar-refractivity contribution in [1.82, 2.24) is 0 Å². The summed E-state index contributed by atoms with van der Waals surface area (Å²) in [5.41, 5.74) is 4.89. The van der Waals surface area contributed by atoms with Crippen LogP contribution in [0.25, 0.3) is 0 Å². The Morgan fingerprint density at radius 2 is 2.13 bits per heavy atom. The molecule has 1 amide bonds. The van der Waals surface area contributed by atoms with Gasteiger partial charge in [0.25, 0.3) is 0 Å². The fourth-order valence-corrected chi connectivity index (χ4v) is 1.08. The average molecular weight is 230 g/mol. The Morgan fingerprint density at radius 1 is 1.47 bits per heavy atom. The summed E-state index contributed by atoms with van der Waals surface area (Å²) in [5, 5.41) is 2.16. The lowest BCUT2D eigenvalue weighted by atomic mass is 10.3. The Morgan fingerprint density at radius 3 is 2.73 bits per heavy atom. The molecule has 0 aliphatic heterocycles. The second-order valence-corrected chi connectivity index (χ2v) is 3.34. The van der Waals surface area contributed by atoms with Crippen LogP contribution in [-0.4, -0.2) is 10.9 Å². The zero-order valence-electron chi connectivity index (χ0n) is 7.59. The number of amides is 1. The van der Waals surface area contributed by atoms with Crippen molar-refractivity contribution in [2.45, 2.75) is 6.42 Å². The minimum atomic E-state index is -0.715. The fourth-order valence-electron chi connectivity index (χ4n) is 0.946. The van der Waals surface area contributed by atoms with Gasteiger partial charge in [0.1, 0.15) is 11.6 Å². The van der Waals surface area contributed by atoms with Gasteiger partial charge in [-0.2, -0.15) is 0 Å². The Hall–Kier alpha value is -1.56. The van der Waals surface area contributed by atoms with E-state index in [9.17, 15) is 13.6 Å². The van der Waals surface area contributed by atoms with Gasteiger partial charge in [0.2, 0.25) is 5.91 Å². The molecule has 0 aliphatic rings. The molecule has 0 bridgehead atoms. The number of anilines is 1. The molecule has 80 valence electrons. The molecule has 1 rings (SSSR count). The van der Waals surface area contributed by atoms with E-state index in [-0.39, 0.29) is 17.1 Å². The van der Waals surface area contributed by atoms with Crippen LogP contribution in [0.15, 0.2) is 18.2 Å². The summed E-state index contributed by atoms with van der Waals surface area (Å²) in [5.74, 6) is -1.93. The van der Waals surface area contributed by atoms with Crippen LogP contribution in [0.5, 0.6) is 0 Å². The van der Waals surface area contributed by atoms with Crippen molar-refractivity contribution in [1.29, 1.82) is 0 Å². The molecule has 3 nitrogen and oxygen atoms in total. The van der Waals surface area contributed by atoms with Gasteiger partial charge >= 0.3 is 0 Å². The number of hydrogen-bond donors (Lipinski definition) is 2. The predicted molar refractivity (Wildman–Crippen MR) is 56.4 cm³/mol. The van der Waals surface area contributed by atoms with Crippen molar-refractivity contribution in [3.8, 4) is 0 Å². The topological polar surface area (TPSA) is 55.1 Å². The highest BCUT2D eigenvalue weighted by molar-refractivity contribution is 7.80. The first-order valence-corrected chi connectivity index (χ1v) is 4.43. The van der Waals surface area contributed by atoms with Crippen LogP contribution < -0.4 is 11.1 Å². The second-order valence-electron chi connectivity index (χ2n) is 2.82. The van der Waals surface area contributed by atoms with Crippen LogP contribution in [0.4, 0.5) is 14.5 Å². The summed E-state index contributed by atoms with van der Waals surface area (Å²) in [6, 6.07) is 2.76. The number of carbonyl (C=O) groups excluding carboxylic acids is 1. The standard InChI is InChI=1S/C9H8F2N2OS/c10-5-1-2-6(11)7(3-5)13-9(14)4-8(12)15/h1-3H,4H2,(H2,12,15)(H,13,14). The smallest absolute Gasteiger partial charge is 0.231 e. The monoisotopic (exact) mass is 230 g/mol. The third-order valence-corrected chi connectivity index (χ3v) is 1.68. The van der Waals surface area contributed by atoms with Crippen LogP contribution in [0.1, 0.15) is 6.42 Å². The van der Waals surface area contributed by atoms with E-state index in [0.29, 0.717) is 0 Å². The SMILES string of the molecule is NC(=S)CC(=O)Nc1cc(F)ccc1F. The highest BCUT2D eigenvalue weighted by Crippen LogP contribution is 2.15. The van der Waals surface area contributed by atoms with E-state index in [0.717, 1.165) is 18.2 Å². The Kier molecular flexibility index (Phi) is 3.68. The van der Waals surface area contributed by atoms with E-state index in [2.05, 4.69) is 17.5 Å². The maximum atomic E-state index is 13.0. The van der Waals surface area contributed by atoms with Crippen LogP contribution >= 0.6 is 12.2 Å². The van der Waals surface area contributed by atoms with Crippen LogP contribution in [0.3, 0.4) is 0 Å². The molecular formula is C9H8F2N2OS. The molecule has 0 aliphatic carbocycles. The number of halogens is 2. The molecular weight excluding hydrogens is 222 g/mol. The van der Waals surface area contributed by atoms with E-state index in [1.54, 1.807) is 0 Å². The molecule has 0 fully saturated rings. The summed E-state index contributed by atoms with van der Waals surface area (Å²) in [6.45, 7) is 0. The van der Waals surface area contributed by atoms with Gasteiger partial charge in [-0.25, -0.2) is 8.78 Å². The summed E-state index contributed by atoms with van der Waals surface area (Å²) in [6.07, 6.45) is -0.203. The zero-order chi connectivity index (χ0) is 11.4. The summed E-state index contributed by atoms with van der Waals surface area (Å²) < 4.78 is 25.7. The highest BCUT2D eigenvalue weighted by atomic mass is 32.1. The van der Waals surface area contributed by atoms with E-state index >= 15 is 0 Å². The molecule has 1 aromatic carbocycles. The molecule has 1 aromatic rings. The normalized spacial score (nSPS) is 9.73. The Balaban J connectivity index is 2.76. The van der Waals surface area contributed by atoms with Gasteiger partial charge in [0.05, 0.1) is 17.1 Å². The summed E-state index contributed by atoms with van der Waals surface area (Å²) >= 11 is 4.50. The maximum absolute atomic E-state index is 13.0. The quantitative estimate of drug-likeness (QED) is 0.775. The predicted octanol–water partition coefficient (Wildman–Crippen LogP) is 1.58. The van der Waals surface area contributed by atoms with Gasteiger partial charge in [-0.1, -0.05) is 12.2 Å². The van der Waals surface area contributed by atoms with Crippen molar-refractivity contribution in [3.63, 3.8) is 0 Å². The first-order chi connectivity index (χ1) is 6.99.